The molecule has 5 heteroatoms. The quantitative estimate of drug-likeness (QED) is 0.727. The van der Waals surface area contributed by atoms with E-state index in [2.05, 4.69) is 23.8 Å². The summed E-state index contributed by atoms with van der Waals surface area (Å²) in [5, 5.41) is 0. The fourth-order valence-electron chi connectivity index (χ4n) is 1.63. The van der Waals surface area contributed by atoms with Gasteiger partial charge in [-0.05, 0) is 5.92 Å². The van der Waals surface area contributed by atoms with E-state index in [-0.39, 0.29) is 12.1 Å². The molecule has 92 valence electrons. The van der Waals surface area contributed by atoms with E-state index in [1.807, 2.05) is 0 Å². The zero-order valence-corrected chi connectivity index (χ0v) is 10.6. The Kier molecular flexibility index (Phi) is 4.73. The number of rotatable bonds is 3. The number of hydrogen-bond donors (Lipinski definition) is 0. The summed E-state index contributed by atoms with van der Waals surface area (Å²) in [5.74, 6) is 1.59. The molecule has 0 aromatic rings. The van der Waals surface area contributed by atoms with Crippen molar-refractivity contribution in [1.29, 1.82) is 0 Å². The summed E-state index contributed by atoms with van der Waals surface area (Å²) in [6.07, 6.45) is 0. The van der Waals surface area contributed by atoms with E-state index in [0.717, 1.165) is 0 Å². The monoisotopic (exact) mass is 228 g/mol. The first-order chi connectivity index (χ1) is 7.63. The topological polar surface area (TPSA) is 52.4 Å². The molecule has 5 nitrogen and oxygen atoms in total. The van der Waals surface area contributed by atoms with Crippen molar-refractivity contribution < 1.29 is 14.2 Å². The summed E-state index contributed by atoms with van der Waals surface area (Å²) in [7, 11) is 4.85. The number of aliphatic imine (C=N–C) groups is 2. The van der Waals surface area contributed by atoms with Gasteiger partial charge in [0.2, 0.25) is 11.8 Å². The molecule has 1 rings (SSSR count). The van der Waals surface area contributed by atoms with E-state index in [1.54, 1.807) is 21.3 Å². The van der Waals surface area contributed by atoms with E-state index in [0.29, 0.717) is 24.3 Å². The molecule has 0 amide bonds. The summed E-state index contributed by atoms with van der Waals surface area (Å²) in [4.78, 5) is 8.97. The van der Waals surface area contributed by atoms with Crippen LogP contribution < -0.4 is 0 Å². The van der Waals surface area contributed by atoms with Gasteiger partial charge in [-0.2, -0.15) is 0 Å². The Hall–Kier alpha value is -1.10. The first kappa shape index (κ1) is 13.0. The molecule has 16 heavy (non-hydrogen) atoms. The Bertz CT molecular complexity index is 287. The summed E-state index contributed by atoms with van der Waals surface area (Å²) in [6.45, 7) is 4.60. The first-order valence-corrected chi connectivity index (χ1v) is 5.36. The van der Waals surface area contributed by atoms with E-state index in [4.69, 9.17) is 14.2 Å². The Morgan fingerprint density at radius 2 is 1.69 bits per heavy atom. The van der Waals surface area contributed by atoms with Crippen LogP contribution in [0.2, 0.25) is 0 Å². The minimum absolute atomic E-state index is 0.0620. The lowest BCUT2D eigenvalue weighted by atomic mass is 10.0. The van der Waals surface area contributed by atoms with Crippen molar-refractivity contribution in [1.82, 2.24) is 0 Å². The maximum absolute atomic E-state index is 5.27. The van der Waals surface area contributed by atoms with Crippen LogP contribution in [0.4, 0.5) is 0 Å². The van der Waals surface area contributed by atoms with Gasteiger partial charge in [-0.1, -0.05) is 13.8 Å². The van der Waals surface area contributed by atoms with Crippen LogP contribution in [-0.4, -0.2) is 51.8 Å². The zero-order chi connectivity index (χ0) is 12.1. The van der Waals surface area contributed by atoms with E-state index in [1.165, 1.54) is 0 Å². The molecule has 1 heterocycles. The number of hydrogen-bond acceptors (Lipinski definition) is 5. The van der Waals surface area contributed by atoms with Gasteiger partial charge in [-0.25, -0.2) is 9.98 Å². The van der Waals surface area contributed by atoms with Crippen molar-refractivity contribution in [3.8, 4) is 0 Å². The molecule has 0 aromatic carbocycles. The molecular formula is C11H20N2O3. The molecule has 2 atom stereocenters. The summed E-state index contributed by atoms with van der Waals surface area (Å²) in [5.41, 5.74) is 0. The van der Waals surface area contributed by atoms with Crippen LogP contribution in [0.1, 0.15) is 13.8 Å². The van der Waals surface area contributed by atoms with Gasteiger partial charge in [0.1, 0.15) is 6.04 Å². The van der Waals surface area contributed by atoms with Crippen LogP contribution in [-0.2, 0) is 14.2 Å². The van der Waals surface area contributed by atoms with Gasteiger partial charge >= 0.3 is 0 Å². The van der Waals surface area contributed by atoms with E-state index in [9.17, 15) is 0 Å². The van der Waals surface area contributed by atoms with Crippen LogP contribution >= 0.6 is 0 Å². The minimum Gasteiger partial charge on any atom is -0.483 e. The second-order valence-electron chi connectivity index (χ2n) is 4.00. The molecule has 1 aliphatic heterocycles. The number of methoxy groups -OCH3 is 3. The van der Waals surface area contributed by atoms with Crippen LogP contribution in [0.5, 0.6) is 0 Å². The Balaban J connectivity index is 2.92. The Labute approximate surface area is 96.5 Å². The van der Waals surface area contributed by atoms with Gasteiger partial charge in [0.15, 0.2) is 6.04 Å². The van der Waals surface area contributed by atoms with Crippen molar-refractivity contribution in [3.63, 3.8) is 0 Å². The predicted octanol–water partition coefficient (Wildman–Crippen LogP) is 1.13. The standard InChI is InChI=1S/C11H20N2O3/c1-7(2)9-11(16-5)12-8(6-14-3)10(13-9)15-4/h7-9H,6H2,1-5H3/t8-,9+/m0/s1. The molecular weight excluding hydrogens is 208 g/mol. The van der Waals surface area contributed by atoms with Crippen LogP contribution in [0.25, 0.3) is 0 Å². The van der Waals surface area contributed by atoms with Crippen molar-refractivity contribution in [2.24, 2.45) is 15.9 Å². The highest BCUT2D eigenvalue weighted by molar-refractivity contribution is 5.94. The molecule has 0 unspecified atom stereocenters. The third-order valence-electron chi connectivity index (χ3n) is 2.46. The number of nitrogens with zero attached hydrogens (tertiary/aromatic N) is 2. The average molecular weight is 228 g/mol. The Morgan fingerprint density at radius 3 is 2.12 bits per heavy atom. The average Bonchev–Trinajstić information content (AvgIpc) is 2.28. The second-order valence-corrected chi connectivity index (χ2v) is 4.00. The van der Waals surface area contributed by atoms with Gasteiger partial charge in [0.05, 0.1) is 20.8 Å². The fourth-order valence-corrected chi connectivity index (χ4v) is 1.63. The van der Waals surface area contributed by atoms with E-state index < -0.39 is 0 Å². The van der Waals surface area contributed by atoms with E-state index >= 15 is 0 Å². The second kappa shape index (κ2) is 5.84. The van der Waals surface area contributed by atoms with Crippen LogP contribution in [0.3, 0.4) is 0 Å². The van der Waals surface area contributed by atoms with Crippen molar-refractivity contribution in [2.75, 3.05) is 27.9 Å². The third-order valence-corrected chi connectivity index (χ3v) is 2.46. The SMILES string of the molecule is COC[C@@H]1N=C(OC)[C@@H](C(C)C)N=C1OC. The molecule has 0 saturated heterocycles. The van der Waals surface area contributed by atoms with Crippen molar-refractivity contribution in [3.05, 3.63) is 0 Å². The molecule has 0 saturated carbocycles. The van der Waals surface area contributed by atoms with Crippen molar-refractivity contribution in [2.45, 2.75) is 25.9 Å². The highest BCUT2D eigenvalue weighted by atomic mass is 16.5. The number of ether oxygens (including phenoxy) is 3. The highest BCUT2D eigenvalue weighted by Gasteiger charge is 2.30. The first-order valence-electron chi connectivity index (χ1n) is 5.36. The Morgan fingerprint density at radius 1 is 1.06 bits per heavy atom. The van der Waals surface area contributed by atoms with Crippen LogP contribution in [0, 0.1) is 5.92 Å². The summed E-state index contributed by atoms with van der Waals surface area (Å²) in [6, 6.07) is -0.256. The van der Waals surface area contributed by atoms with Crippen molar-refractivity contribution >= 4 is 11.8 Å². The molecule has 0 N–H and O–H groups in total. The van der Waals surface area contributed by atoms with Gasteiger partial charge in [0, 0.05) is 7.11 Å². The molecule has 0 aromatic heterocycles. The minimum atomic E-state index is -0.194. The smallest absolute Gasteiger partial charge is 0.211 e. The lowest BCUT2D eigenvalue weighted by molar-refractivity contribution is 0.185. The van der Waals surface area contributed by atoms with Gasteiger partial charge in [-0.15, -0.1) is 0 Å². The normalized spacial score (nSPS) is 25.1. The summed E-state index contributed by atoms with van der Waals surface area (Å²) >= 11 is 0. The van der Waals surface area contributed by atoms with Gasteiger partial charge in [-0.3, -0.25) is 0 Å². The molecule has 0 spiro atoms. The highest BCUT2D eigenvalue weighted by Crippen LogP contribution is 2.17. The molecule has 0 radical (unpaired) electrons. The predicted molar refractivity (Wildman–Crippen MR) is 63.2 cm³/mol. The lowest BCUT2D eigenvalue weighted by Gasteiger charge is -2.26. The van der Waals surface area contributed by atoms with Gasteiger partial charge in [0.25, 0.3) is 0 Å². The maximum Gasteiger partial charge on any atom is 0.211 e. The molecule has 1 aliphatic rings. The maximum atomic E-state index is 5.27. The molecule has 0 fully saturated rings. The fraction of sp³-hybridized carbons (Fsp3) is 0.818. The lowest BCUT2D eigenvalue weighted by Crippen LogP contribution is -2.39. The summed E-state index contributed by atoms with van der Waals surface area (Å²) < 4.78 is 15.6. The molecule has 0 aliphatic carbocycles. The van der Waals surface area contributed by atoms with Crippen LogP contribution in [0.15, 0.2) is 9.98 Å². The molecule has 0 bridgehead atoms. The zero-order valence-electron chi connectivity index (χ0n) is 10.6. The third kappa shape index (κ3) is 2.72. The largest absolute Gasteiger partial charge is 0.483 e. The van der Waals surface area contributed by atoms with Gasteiger partial charge < -0.3 is 14.2 Å².